The van der Waals surface area contributed by atoms with E-state index in [4.69, 9.17) is 4.74 Å². The molecule has 2 atom stereocenters. The Balaban J connectivity index is 1.29. The lowest BCUT2D eigenvalue weighted by atomic mass is 9.78. The number of ether oxygens (including phenoxy) is 1. The number of carbonyl (C=O) groups is 1. The molecule has 0 bridgehead atoms. The molecule has 0 N–H and O–H groups in total. The Bertz CT molecular complexity index is 1020. The zero-order valence-corrected chi connectivity index (χ0v) is 20.6. The van der Waals surface area contributed by atoms with Crippen LogP contribution in [0, 0.1) is 5.41 Å². The normalized spacial score (nSPS) is 26.7. The molecule has 0 radical (unpaired) electrons. The summed E-state index contributed by atoms with van der Waals surface area (Å²) in [6, 6.07) is 1.91. The van der Waals surface area contributed by atoms with Gasteiger partial charge >= 0.3 is 6.18 Å². The lowest BCUT2D eigenvalue weighted by Gasteiger charge is -2.53. The number of rotatable bonds is 4. The number of alkyl halides is 3. The fourth-order valence-electron chi connectivity index (χ4n) is 5.74. The first-order valence-electron chi connectivity index (χ1n) is 12.6. The van der Waals surface area contributed by atoms with Gasteiger partial charge in [0.15, 0.2) is 0 Å². The van der Waals surface area contributed by atoms with E-state index in [2.05, 4.69) is 27.5 Å². The third-order valence-electron chi connectivity index (χ3n) is 8.11. The standard InChI is InChI=1S/C25H33F3N6O2/c1-3-22(35)33-12-10-31(11-13-33)19-16-34(18(19)2)21-15-20(29-23(30-21)25(26,27)28)32-8-6-24(7-9-32)5-4-14-36-17-24/h3-5,15,18-19H,1,6-14,16-17H2,2H3/t18-,19-/m1/s1. The minimum absolute atomic E-state index is 0.00430. The largest absolute Gasteiger partial charge is 0.451 e. The smallest absolute Gasteiger partial charge is 0.376 e. The van der Waals surface area contributed by atoms with Gasteiger partial charge < -0.3 is 19.4 Å². The van der Waals surface area contributed by atoms with E-state index < -0.39 is 12.0 Å². The molecule has 196 valence electrons. The summed E-state index contributed by atoms with van der Waals surface area (Å²) in [7, 11) is 0. The van der Waals surface area contributed by atoms with Crippen LogP contribution in [-0.4, -0.2) is 96.8 Å². The summed E-state index contributed by atoms with van der Waals surface area (Å²) < 4.78 is 46.9. The first-order valence-corrected chi connectivity index (χ1v) is 12.6. The van der Waals surface area contributed by atoms with Crippen molar-refractivity contribution in [3.63, 3.8) is 0 Å². The van der Waals surface area contributed by atoms with Crippen molar-refractivity contribution in [2.45, 2.75) is 38.0 Å². The molecule has 4 aliphatic rings. The van der Waals surface area contributed by atoms with Gasteiger partial charge in [0.05, 0.1) is 13.2 Å². The minimum atomic E-state index is -4.62. The highest BCUT2D eigenvalue weighted by molar-refractivity contribution is 5.87. The maximum Gasteiger partial charge on any atom is 0.451 e. The van der Waals surface area contributed by atoms with Crippen molar-refractivity contribution in [2.75, 3.05) is 68.8 Å². The maximum atomic E-state index is 13.7. The molecule has 4 aliphatic heterocycles. The molecule has 0 aliphatic carbocycles. The minimum Gasteiger partial charge on any atom is -0.376 e. The number of piperazine rings is 1. The molecule has 1 aromatic heterocycles. The second kappa shape index (κ2) is 9.66. The van der Waals surface area contributed by atoms with Gasteiger partial charge in [0.1, 0.15) is 11.6 Å². The predicted octanol–water partition coefficient (Wildman–Crippen LogP) is 2.58. The van der Waals surface area contributed by atoms with E-state index in [9.17, 15) is 18.0 Å². The number of piperidine rings is 1. The monoisotopic (exact) mass is 506 g/mol. The molecule has 8 nitrogen and oxygen atoms in total. The van der Waals surface area contributed by atoms with Crippen LogP contribution in [0.5, 0.6) is 0 Å². The number of hydrogen-bond donors (Lipinski definition) is 0. The van der Waals surface area contributed by atoms with Gasteiger partial charge in [-0.1, -0.05) is 18.7 Å². The van der Waals surface area contributed by atoms with Crippen LogP contribution in [0.1, 0.15) is 25.6 Å². The average Bonchev–Trinajstić information content (AvgIpc) is 2.88. The molecule has 1 spiro atoms. The molecule has 1 amide bonds. The maximum absolute atomic E-state index is 13.7. The topological polar surface area (TPSA) is 65.0 Å². The van der Waals surface area contributed by atoms with E-state index in [0.29, 0.717) is 57.6 Å². The number of aromatic nitrogens is 2. The van der Waals surface area contributed by atoms with Gasteiger partial charge in [-0.15, -0.1) is 0 Å². The van der Waals surface area contributed by atoms with Crippen molar-refractivity contribution in [3.05, 3.63) is 36.7 Å². The van der Waals surface area contributed by atoms with Crippen molar-refractivity contribution < 1.29 is 22.7 Å². The van der Waals surface area contributed by atoms with Crippen LogP contribution in [-0.2, 0) is 15.7 Å². The Morgan fingerprint density at radius 1 is 1.14 bits per heavy atom. The first-order chi connectivity index (χ1) is 17.2. The van der Waals surface area contributed by atoms with Crippen molar-refractivity contribution in [2.24, 2.45) is 5.41 Å². The summed E-state index contributed by atoms with van der Waals surface area (Å²) in [5.41, 5.74) is -0.0308. The molecule has 1 aromatic rings. The Kier molecular flexibility index (Phi) is 6.71. The zero-order valence-electron chi connectivity index (χ0n) is 20.6. The molecule has 5 rings (SSSR count). The van der Waals surface area contributed by atoms with Crippen LogP contribution in [0.15, 0.2) is 30.9 Å². The molecule has 5 heterocycles. The summed E-state index contributed by atoms with van der Waals surface area (Å²) in [6.07, 6.45) is 2.57. The summed E-state index contributed by atoms with van der Waals surface area (Å²) in [5, 5.41) is 0. The second-order valence-corrected chi connectivity index (χ2v) is 10.2. The zero-order chi connectivity index (χ0) is 25.5. The first kappa shape index (κ1) is 25.0. The van der Waals surface area contributed by atoms with Gasteiger partial charge in [-0.25, -0.2) is 9.97 Å². The highest BCUT2D eigenvalue weighted by Crippen LogP contribution is 2.39. The fourth-order valence-corrected chi connectivity index (χ4v) is 5.74. The molecular formula is C25H33F3N6O2. The summed E-state index contributed by atoms with van der Waals surface area (Å²) in [6.45, 7) is 11.4. The SMILES string of the molecule is C=CC(=O)N1CCN([C@@H]2CN(c3cc(N4CCC5(C=CCOC5)CC4)nc(C(F)(F)F)n3)[C@@H]2C)CC1. The molecule has 3 saturated heterocycles. The highest BCUT2D eigenvalue weighted by atomic mass is 19.4. The van der Waals surface area contributed by atoms with E-state index in [-0.39, 0.29) is 23.4 Å². The molecule has 0 unspecified atom stereocenters. The second-order valence-electron chi connectivity index (χ2n) is 10.2. The summed E-state index contributed by atoms with van der Waals surface area (Å²) >= 11 is 0. The molecule has 0 saturated carbocycles. The average molecular weight is 507 g/mol. The molecule has 3 fully saturated rings. The van der Waals surface area contributed by atoms with E-state index >= 15 is 0 Å². The Labute approximate surface area is 209 Å². The summed E-state index contributed by atoms with van der Waals surface area (Å²) in [4.78, 5) is 27.7. The van der Waals surface area contributed by atoms with E-state index in [1.807, 2.05) is 22.8 Å². The number of halogens is 3. The molecule has 36 heavy (non-hydrogen) atoms. The van der Waals surface area contributed by atoms with Crippen molar-refractivity contribution in [1.29, 1.82) is 0 Å². The van der Waals surface area contributed by atoms with Crippen LogP contribution < -0.4 is 9.80 Å². The van der Waals surface area contributed by atoms with E-state index in [1.54, 1.807) is 11.0 Å². The van der Waals surface area contributed by atoms with Crippen molar-refractivity contribution in [3.8, 4) is 0 Å². The third kappa shape index (κ3) is 4.82. The van der Waals surface area contributed by atoms with Gasteiger partial charge in [-0.2, -0.15) is 13.2 Å². The number of anilines is 2. The van der Waals surface area contributed by atoms with Gasteiger partial charge in [0.25, 0.3) is 0 Å². The van der Waals surface area contributed by atoms with Crippen LogP contribution in [0.25, 0.3) is 0 Å². The molecule has 11 heteroatoms. The van der Waals surface area contributed by atoms with E-state index in [1.165, 1.54) is 6.08 Å². The fraction of sp³-hybridized carbons (Fsp3) is 0.640. The Morgan fingerprint density at radius 3 is 2.42 bits per heavy atom. The third-order valence-corrected chi connectivity index (χ3v) is 8.11. The lowest BCUT2D eigenvalue weighted by Crippen LogP contribution is -2.68. The number of carbonyl (C=O) groups excluding carboxylic acids is 1. The van der Waals surface area contributed by atoms with Crippen molar-refractivity contribution in [1.82, 2.24) is 19.8 Å². The van der Waals surface area contributed by atoms with Crippen LogP contribution in [0.3, 0.4) is 0 Å². The van der Waals surface area contributed by atoms with Gasteiger partial charge in [-0.3, -0.25) is 9.69 Å². The molecule has 0 aromatic carbocycles. The Morgan fingerprint density at radius 2 is 1.83 bits per heavy atom. The number of amides is 1. The number of nitrogens with zero attached hydrogens (tertiary/aromatic N) is 6. The Hall–Kier alpha value is -2.66. The van der Waals surface area contributed by atoms with Gasteiger partial charge in [0.2, 0.25) is 11.7 Å². The summed E-state index contributed by atoms with van der Waals surface area (Å²) in [5.74, 6) is -0.516. The number of hydrogen-bond acceptors (Lipinski definition) is 7. The van der Waals surface area contributed by atoms with Gasteiger partial charge in [0, 0.05) is 69.4 Å². The van der Waals surface area contributed by atoms with Crippen LogP contribution >= 0.6 is 0 Å². The lowest BCUT2D eigenvalue weighted by molar-refractivity contribution is -0.144. The van der Waals surface area contributed by atoms with E-state index in [0.717, 1.165) is 25.9 Å². The molecular weight excluding hydrogens is 473 g/mol. The predicted molar refractivity (Wildman–Crippen MR) is 130 cm³/mol. The van der Waals surface area contributed by atoms with Crippen LogP contribution in [0.2, 0.25) is 0 Å². The van der Waals surface area contributed by atoms with Gasteiger partial charge in [-0.05, 0) is 25.8 Å². The quantitative estimate of drug-likeness (QED) is 0.460. The van der Waals surface area contributed by atoms with Crippen molar-refractivity contribution >= 4 is 17.5 Å². The van der Waals surface area contributed by atoms with Crippen LogP contribution in [0.4, 0.5) is 24.8 Å². The highest BCUT2D eigenvalue weighted by Gasteiger charge is 2.43.